The lowest BCUT2D eigenvalue weighted by Crippen LogP contribution is -2.46. The van der Waals surface area contributed by atoms with Crippen molar-refractivity contribution in [2.24, 2.45) is 0 Å². The normalized spacial score (nSPS) is 18.9. The largest absolute Gasteiger partial charge is 0.337 e. The smallest absolute Gasteiger partial charge is 0.270 e. The summed E-state index contributed by atoms with van der Waals surface area (Å²) in [6.45, 7) is 3.12. The number of non-ortho nitro benzene ring substituents is 1. The Labute approximate surface area is 117 Å². The summed E-state index contributed by atoms with van der Waals surface area (Å²) in [7, 11) is 1.89. The number of aryl methyl sites for hydroxylation is 1. The molecule has 1 aromatic rings. The van der Waals surface area contributed by atoms with Gasteiger partial charge in [-0.2, -0.15) is 0 Å². The molecule has 1 fully saturated rings. The SMILES string of the molecule is CNC1CCCN(C(=O)c2cc(C)cc([N+](=O)[O-])c2)C1. The molecule has 1 saturated heterocycles. The topological polar surface area (TPSA) is 75.5 Å². The number of hydrogen-bond acceptors (Lipinski definition) is 4. The van der Waals surface area contributed by atoms with E-state index in [-0.39, 0.29) is 11.6 Å². The fraction of sp³-hybridized carbons (Fsp3) is 0.500. The minimum absolute atomic E-state index is 0.0319. The summed E-state index contributed by atoms with van der Waals surface area (Å²) in [5.41, 5.74) is 1.09. The van der Waals surface area contributed by atoms with Gasteiger partial charge in [-0.05, 0) is 38.4 Å². The lowest BCUT2D eigenvalue weighted by molar-refractivity contribution is -0.384. The highest BCUT2D eigenvalue weighted by molar-refractivity contribution is 5.95. The Morgan fingerprint density at radius 1 is 1.45 bits per heavy atom. The third kappa shape index (κ3) is 3.14. The molecule has 0 saturated carbocycles. The maximum atomic E-state index is 12.5. The molecule has 0 aliphatic carbocycles. The first-order valence-electron chi connectivity index (χ1n) is 6.74. The second-order valence-electron chi connectivity index (χ2n) is 5.19. The van der Waals surface area contributed by atoms with Crippen LogP contribution in [0, 0.1) is 17.0 Å². The van der Waals surface area contributed by atoms with Gasteiger partial charge in [0.1, 0.15) is 0 Å². The number of amides is 1. The van der Waals surface area contributed by atoms with Crippen molar-refractivity contribution < 1.29 is 9.72 Å². The van der Waals surface area contributed by atoms with Gasteiger partial charge in [-0.1, -0.05) is 0 Å². The Kier molecular flexibility index (Phi) is 4.34. The number of nitro benzene ring substituents is 1. The number of hydrogen-bond donors (Lipinski definition) is 1. The van der Waals surface area contributed by atoms with Crippen LogP contribution in [0.3, 0.4) is 0 Å². The van der Waals surface area contributed by atoms with Crippen LogP contribution in [0.2, 0.25) is 0 Å². The molecule has 1 aliphatic rings. The van der Waals surface area contributed by atoms with Crippen molar-refractivity contribution in [2.75, 3.05) is 20.1 Å². The van der Waals surface area contributed by atoms with Crippen LogP contribution in [0.25, 0.3) is 0 Å². The Bertz CT molecular complexity index is 530. The average molecular weight is 277 g/mol. The monoisotopic (exact) mass is 277 g/mol. The van der Waals surface area contributed by atoms with Crippen molar-refractivity contribution in [3.63, 3.8) is 0 Å². The van der Waals surface area contributed by atoms with Gasteiger partial charge < -0.3 is 10.2 Å². The molecular weight excluding hydrogens is 258 g/mol. The predicted molar refractivity (Wildman–Crippen MR) is 75.8 cm³/mol. The third-order valence-electron chi connectivity index (χ3n) is 3.64. The van der Waals surface area contributed by atoms with Gasteiger partial charge in [-0.25, -0.2) is 0 Å². The Morgan fingerprint density at radius 3 is 2.85 bits per heavy atom. The summed E-state index contributed by atoms with van der Waals surface area (Å²) in [6.07, 6.45) is 2.00. The zero-order chi connectivity index (χ0) is 14.7. The second-order valence-corrected chi connectivity index (χ2v) is 5.19. The summed E-state index contributed by atoms with van der Waals surface area (Å²) in [4.78, 5) is 24.6. The van der Waals surface area contributed by atoms with Crippen molar-refractivity contribution in [2.45, 2.75) is 25.8 Å². The number of rotatable bonds is 3. The van der Waals surface area contributed by atoms with Crippen LogP contribution in [0.15, 0.2) is 18.2 Å². The van der Waals surface area contributed by atoms with Crippen LogP contribution >= 0.6 is 0 Å². The first-order valence-corrected chi connectivity index (χ1v) is 6.74. The molecule has 0 spiro atoms. The molecule has 20 heavy (non-hydrogen) atoms. The van der Waals surface area contributed by atoms with E-state index >= 15 is 0 Å². The molecular formula is C14H19N3O3. The number of benzene rings is 1. The molecule has 2 rings (SSSR count). The summed E-state index contributed by atoms with van der Waals surface area (Å²) in [5, 5.41) is 14.1. The maximum absolute atomic E-state index is 12.5. The summed E-state index contributed by atoms with van der Waals surface area (Å²) in [6, 6.07) is 4.84. The standard InChI is InChI=1S/C14H19N3O3/c1-10-6-11(8-13(7-10)17(19)20)14(18)16-5-3-4-12(9-16)15-2/h6-8,12,15H,3-5,9H2,1-2H3. The quantitative estimate of drug-likeness (QED) is 0.674. The van der Waals surface area contributed by atoms with Gasteiger partial charge in [-0.15, -0.1) is 0 Å². The van der Waals surface area contributed by atoms with E-state index in [0.717, 1.165) is 18.4 Å². The predicted octanol–water partition coefficient (Wildman–Crippen LogP) is 1.73. The molecule has 1 N–H and O–H groups in total. The molecule has 1 atom stereocenters. The minimum atomic E-state index is -0.462. The fourth-order valence-corrected chi connectivity index (χ4v) is 2.57. The van der Waals surface area contributed by atoms with Crippen molar-refractivity contribution in [3.05, 3.63) is 39.4 Å². The van der Waals surface area contributed by atoms with E-state index in [4.69, 9.17) is 0 Å². The van der Waals surface area contributed by atoms with Crippen molar-refractivity contribution in [3.8, 4) is 0 Å². The number of carbonyl (C=O) groups is 1. The average Bonchev–Trinajstić information content (AvgIpc) is 2.45. The molecule has 6 heteroatoms. The highest BCUT2D eigenvalue weighted by Gasteiger charge is 2.24. The minimum Gasteiger partial charge on any atom is -0.337 e. The first-order chi connectivity index (χ1) is 9.51. The Morgan fingerprint density at radius 2 is 2.20 bits per heavy atom. The number of piperidine rings is 1. The van der Waals surface area contributed by atoms with E-state index in [9.17, 15) is 14.9 Å². The summed E-state index contributed by atoms with van der Waals surface area (Å²) < 4.78 is 0. The molecule has 1 unspecified atom stereocenters. The molecule has 0 bridgehead atoms. The van der Waals surface area contributed by atoms with Gasteiger partial charge in [0.15, 0.2) is 0 Å². The van der Waals surface area contributed by atoms with Crippen LogP contribution in [-0.4, -0.2) is 41.9 Å². The lowest BCUT2D eigenvalue weighted by Gasteiger charge is -2.32. The van der Waals surface area contributed by atoms with Crippen LogP contribution in [-0.2, 0) is 0 Å². The maximum Gasteiger partial charge on any atom is 0.270 e. The van der Waals surface area contributed by atoms with E-state index in [0.29, 0.717) is 24.7 Å². The van der Waals surface area contributed by atoms with E-state index < -0.39 is 4.92 Å². The van der Waals surface area contributed by atoms with Gasteiger partial charge in [0, 0.05) is 36.8 Å². The van der Waals surface area contributed by atoms with Gasteiger partial charge in [0.25, 0.3) is 11.6 Å². The zero-order valence-corrected chi connectivity index (χ0v) is 11.8. The first kappa shape index (κ1) is 14.5. The summed E-state index contributed by atoms with van der Waals surface area (Å²) in [5.74, 6) is -0.128. The lowest BCUT2D eigenvalue weighted by atomic mass is 10.0. The van der Waals surface area contributed by atoms with Gasteiger partial charge in [0.2, 0.25) is 0 Å². The van der Waals surface area contributed by atoms with Crippen LogP contribution < -0.4 is 5.32 Å². The van der Waals surface area contributed by atoms with Gasteiger partial charge in [0.05, 0.1) is 4.92 Å². The third-order valence-corrected chi connectivity index (χ3v) is 3.64. The van der Waals surface area contributed by atoms with E-state index in [2.05, 4.69) is 5.32 Å². The molecule has 1 aliphatic heterocycles. The molecule has 1 heterocycles. The number of carbonyl (C=O) groups excluding carboxylic acids is 1. The highest BCUT2D eigenvalue weighted by Crippen LogP contribution is 2.20. The number of nitro groups is 1. The van der Waals surface area contributed by atoms with Crippen molar-refractivity contribution in [1.29, 1.82) is 0 Å². The summed E-state index contributed by atoms with van der Waals surface area (Å²) >= 11 is 0. The number of likely N-dealkylation sites (tertiary alicyclic amines) is 1. The zero-order valence-electron chi connectivity index (χ0n) is 11.8. The van der Waals surface area contributed by atoms with Crippen LogP contribution in [0.1, 0.15) is 28.8 Å². The van der Waals surface area contributed by atoms with Crippen LogP contribution in [0.5, 0.6) is 0 Å². The molecule has 0 aromatic heterocycles. The van der Waals surface area contributed by atoms with E-state index in [1.54, 1.807) is 17.9 Å². The van der Waals surface area contributed by atoms with Gasteiger partial charge in [-0.3, -0.25) is 14.9 Å². The molecule has 1 aromatic carbocycles. The molecule has 108 valence electrons. The van der Waals surface area contributed by atoms with Gasteiger partial charge >= 0.3 is 0 Å². The highest BCUT2D eigenvalue weighted by atomic mass is 16.6. The molecule has 1 amide bonds. The van der Waals surface area contributed by atoms with Crippen molar-refractivity contribution >= 4 is 11.6 Å². The Hall–Kier alpha value is -1.95. The fourth-order valence-electron chi connectivity index (χ4n) is 2.57. The van der Waals surface area contributed by atoms with E-state index in [1.165, 1.54) is 12.1 Å². The van der Waals surface area contributed by atoms with E-state index in [1.807, 2.05) is 7.05 Å². The Balaban J connectivity index is 2.22. The number of nitrogens with zero attached hydrogens (tertiary/aromatic N) is 2. The molecule has 0 radical (unpaired) electrons. The number of nitrogens with one attached hydrogen (secondary N) is 1. The van der Waals surface area contributed by atoms with Crippen molar-refractivity contribution in [1.82, 2.24) is 10.2 Å². The van der Waals surface area contributed by atoms with Crippen LogP contribution in [0.4, 0.5) is 5.69 Å². The molecule has 6 nitrogen and oxygen atoms in total. The second kappa shape index (κ2) is 6.00. The number of likely N-dealkylation sites (N-methyl/N-ethyl adjacent to an activating group) is 1.